The Bertz CT molecular complexity index is 497. The normalized spacial score (nSPS) is 9.79. The summed E-state index contributed by atoms with van der Waals surface area (Å²) in [5.74, 6) is -1.62. The summed E-state index contributed by atoms with van der Waals surface area (Å²) in [7, 11) is 1.37. The Morgan fingerprint density at radius 3 is 2.63 bits per heavy atom. The number of thiophene rings is 1. The summed E-state index contributed by atoms with van der Waals surface area (Å²) in [5, 5.41) is 13.2. The lowest BCUT2D eigenvalue weighted by atomic mass is 10.3. The molecular formula is C11H14N2O5S. The molecule has 3 N–H and O–H groups in total. The van der Waals surface area contributed by atoms with Crippen molar-refractivity contribution in [2.24, 2.45) is 0 Å². The molecule has 1 aromatic rings. The average molecular weight is 286 g/mol. The molecule has 1 heterocycles. The molecule has 0 saturated carbocycles. The van der Waals surface area contributed by atoms with Crippen molar-refractivity contribution in [1.29, 1.82) is 0 Å². The maximum Gasteiger partial charge on any atom is 0.349 e. The molecule has 1 aromatic heterocycles. The number of aromatic carboxylic acids is 1. The first-order valence-corrected chi connectivity index (χ1v) is 6.30. The monoisotopic (exact) mass is 286 g/mol. The van der Waals surface area contributed by atoms with Crippen molar-refractivity contribution in [2.75, 3.05) is 13.7 Å². The summed E-state index contributed by atoms with van der Waals surface area (Å²) in [6.07, 6.45) is 0.679. The van der Waals surface area contributed by atoms with Crippen LogP contribution in [0.15, 0.2) is 6.07 Å². The molecule has 8 heteroatoms. The van der Waals surface area contributed by atoms with E-state index in [0.717, 1.165) is 16.2 Å². The quantitative estimate of drug-likeness (QED) is 0.744. The number of carboxylic acid groups (broad SMARTS) is 1. The van der Waals surface area contributed by atoms with Crippen LogP contribution in [0.5, 0.6) is 5.75 Å². The van der Waals surface area contributed by atoms with Crippen LogP contribution in [-0.2, 0) is 11.2 Å². The van der Waals surface area contributed by atoms with Gasteiger partial charge in [0.2, 0.25) is 0 Å². The van der Waals surface area contributed by atoms with Crippen LogP contribution in [0.25, 0.3) is 0 Å². The smallest absolute Gasteiger partial charge is 0.349 e. The highest BCUT2D eigenvalue weighted by Gasteiger charge is 2.17. The van der Waals surface area contributed by atoms with Crippen LogP contribution in [0.1, 0.15) is 21.5 Å². The first-order valence-electron chi connectivity index (χ1n) is 5.48. The molecule has 0 unspecified atom stereocenters. The summed E-state index contributed by atoms with van der Waals surface area (Å²) < 4.78 is 5.13. The second kappa shape index (κ2) is 6.74. The predicted molar refractivity (Wildman–Crippen MR) is 68.7 cm³/mol. The molecule has 0 saturated heterocycles. The third kappa shape index (κ3) is 4.25. The fraction of sp³-hybridized carbons (Fsp3) is 0.364. The van der Waals surface area contributed by atoms with E-state index in [9.17, 15) is 14.4 Å². The van der Waals surface area contributed by atoms with Crippen LogP contribution in [0.4, 0.5) is 4.79 Å². The zero-order valence-corrected chi connectivity index (χ0v) is 11.3. The van der Waals surface area contributed by atoms with E-state index in [-0.39, 0.29) is 10.6 Å². The van der Waals surface area contributed by atoms with Gasteiger partial charge in [-0.3, -0.25) is 10.1 Å². The molecule has 0 fully saturated rings. The number of carbonyl (C=O) groups excluding carboxylic acids is 2. The first kappa shape index (κ1) is 15.0. The topological polar surface area (TPSA) is 105 Å². The van der Waals surface area contributed by atoms with E-state index in [4.69, 9.17) is 9.84 Å². The van der Waals surface area contributed by atoms with Gasteiger partial charge in [-0.2, -0.15) is 0 Å². The highest BCUT2D eigenvalue weighted by molar-refractivity contribution is 7.14. The number of nitrogens with one attached hydrogen (secondary N) is 2. The van der Waals surface area contributed by atoms with Gasteiger partial charge in [0.1, 0.15) is 5.75 Å². The molecule has 0 aromatic carbocycles. The number of imide groups is 1. The van der Waals surface area contributed by atoms with Gasteiger partial charge in [-0.1, -0.05) is 6.92 Å². The van der Waals surface area contributed by atoms with E-state index in [1.165, 1.54) is 7.05 Å². The minimum atomic E-state index is -1.11. The number of hydrogen-bond donors (Lipinski definition) is 3. The van der Waals surface area contributed by atoms with Gasteiger partial charge in [0.15, 0.2) is 11.5 Å². The van der Waals surface area contributed by atoms with Gasteiger partial charge in [0.05, 0.1) is 0 Å². The molecule has 7 nitrogen and oxygen atoms in total. The van der Waals surface area contributed by atoms with Gasteiger partial charge in [-0.05, 0) is 12.5 Å². The Morgan fingerprint density at radius 2 is 2.11 bits per heavy atom. The van der Waals surface area contributed by atoms with E-state index in [1.807, 2.05) is 12.2 Å². The number of urea groups is 1. The molecule has 0 aliphatic heterocycles. The Kier molecular flexibility index (Phi) is 5.31. The van der Waals surface area contributed by atoms with Crippen molar-refractivity contribution in [3.8, 4) is 5.75 Å². The van der Waals surface area contributed by atoms with Crippen molar-refractivity contribution >= 4 is 29.2 Å². The Labute approximate surface area is 113 Å². The summed E-state index contributed by atoms with van der Waals surface area (Å²) >= 11 is 1.10. The van der Waals surface area contributed by atoms with E-state index >= 15 is 0 Å². The van der Waals surface area contributed by atoms with Crippen molar-refractivity contribution in [1.82, 2.24) is 10.6 Å². The van der Waals surface area contributed by atoms with Crippen LogP contribution in [0.3, 0.4) is 0 Å². The van der Waals surface area contributed by atoms with Gasteiger partial charge >= 0.3 is 12.0 Å². The second-order valence-electron chi connectivity index (χ2n) is 3.48. The maximum atomic E-state index is 11.3. The summed E-state index contributed by atoms with van der Waals surface area (Å²) in [5.41, 5.74) is 0. The minimum absolute atomic E-state index is 0.0459. The van der Waals surface area contributed by atoms with Crippen LogP contribution in [0, 0.1) is 0 Å². The molecular weight excluding hydrogens is 272 g/mol. The SMILES string of the molecule is CCc1cc(OCC(=O)NC(=O)NC)c(C(=O)O)s1. The van der Waals surface area contributed by atoms with Crippen molar-refractivity contribution in [3.63, 3.8) is 0 Å². The molecule has 19 heavy (non-hydrogen) atoms. The number of amides is 3. The Balaban J connectivity index is 2.66. The summed E-state index contributed by atoms with van der Waals surface area (Å²) in [6.45, 7) is 1.47. The minimum Gasteiger partial charge on any atom is -0.482 e. The predicted octanol–water partition coefficient (Wildman–Crippen LogP) is 0.843. The number of rotatable bonds is 5. The molecule has 0 aliphatic rings. The zero-order chi connectivity index (χ0) is 14.4. The van der Waals surface area contributed by atoms with Crippen LogP contribution in [-0.4, -0.2) is 36.7 Å². The fourth-order valence-corrected chi connectivity index (χ4v) is 2.10. The van der Waals surface area contributed by atoms with Crippen molar-refractivity contribution in [2.45, 2.75) is 13.3 Å². The number of carbonyl (C=O) groups is 3. The van der Waals surface area contributed by atoms with Crippen LogP contribution < -0.4 is 15.4 Å². The molecule has 0 spiro atoms. The Hall–Kier alpha value is -2.09. The lowest BCUT2D eigenvalue weighted by Crippen LogP contribution is -2.40. The van der Waals surface area contributed by atoms with E-state index < -0.39 is 24.5 Å². The van der Waals surface area contributed by atoms with Gasteiger partial charge < -0.3 is 15.2 Å². The van der Waals surface area contributed by atoms with Gasteiger partial charge in [0, 0.05) is 11.9 Å². The third-order valence-corrected chi connectivity index (χ3v) is 3.38. The van der Waals surface area contributed by atoms with E-state index in [0.29, 0.717) is 6.42 Å². The molecule has 1 rings (SSSR count). The lowest BCUT2D eigenvalue weighted by Gasteiger charge is -2.05. The zero-order valence-electron chi connectivity index (χ0n) is 10.5. The van der Waals surface area contributed by atoms with Gasteiger partial charge in [0.25, 0.3) is 5.91 Å². The van der Waals surface area contributed by atoms with Crippen molar-refractivity contribution < 1.29 is 24.2 Å². The summed E-state index contributed by atoms with van der Waals surface area (Å²) in [4.78, 5) is 34.0. The number of hydrogen-bond acceptors (Lipinski definition) is 5. The first-order chi connectivity index (χ1) is 8.97. The Morgan fingerprint density at radius 1 is 1.42 bits per heavy atom. The van der Waals surface area contributed by atoms with Crippen molar-refractivity contribution in [3.05, 3.63) is 15.8 Å². The highest BCUT2D eigenvalue weighted by Crippen LogP contribution is 2.29. The molecule has 0 atom stereocenters. The number of carboxylic acids is 1. The molecule has 0 radical (unpaired) electrons. The second-order valence-corrected chi connectivity index (χ2v) is 4.62. The van der Waals surface area contributed by atoms with E-state index in [1.54, 1.807) is 6.07 Å². The third-order valence-electron chi connectivity index (χ3n) is 2.13. The lowest BCUT2D eigenvalue weighted by molar-refractivity contribution is -0.122. The molecule has 3 amide bonds. The standard InChI is InChI=1S/C11H14N2O5S/c1-3-6-4-7(9(19-6)10(15)16)18-5-8(14)13-11(17)12-2/h4H,3,5H2,1-2H3,(H,15,16)(H2,12,13,14,17). The van der Waals surface area contributed by atoms with Crippen LogP contribution in [0.2, 0.25) is 0 Å². The summed E-state index contributed by atoms with van der Waals surface area (Å²) in [6, 6.07) is 0.938. The van der Waals surface area contributed by atoms with Gasteiger partial charge in [-0.25, -0.2) is 9.59 Å². The average Bonchev–Trinajstić information content (AvgIpc) is 2.79. The maximum absolute atomic E-state index is 11.3. The fourth-order valence-electron chi connectivity index (χ4n) is 1.22. The number of ether oxygens (including phenoxy) is 1. The highest BCUT2D eigenvalue weighted by atomic mass is 32.1. The number of aryl methyl sites for hydroxylation is 1. The van der Waals surface area contributed by atoms with E-state index in [2.05, 4.69) is 5.32 Å². The molecule has 104 valence electrons. The molecule has 0 aliphatic carbocycles. The van der Waals surface area contributed by atoms with Gasteiger partial charge in [-0.15, -0.1) is 11.3 Å². The largest absolute Gasteiger partial charge is 0.482 e. The van der Waals surface area contributed by atoms with Crippen LogP contribution >= 0.6 is 11.3 Å². The molecule has 0 bridgehead atoms.